The molecule has 1 fully saturated rings. The van der Waals surface area contributed by atoms with Gasteiger partial charge in [-0.2, -0.15) is 0 Å². The number of rotatable bonds is 3. The first-order valence-electron chi connectivity index (χ1n) is 7.42. The highest BCUT2D eigenvalue weighted by molar-refractivity contribution is 5.62. The minimum absolute atomic E-state index is 0.511. The van der Waals surface area contributed by atoms with Crippen LogP contribution in [0.3, 0.4) is 0 Å². The minimum Gasteiger partial charge on any atom is -0.0702 e. The van der Waals surface area contributed by atoms with Crippen LogP contribution in [0.2, 0.25) is 0 Å². The first-order chi connectivity index (χ1) is 7.96. The van der Waals surface area contributed by atoms with Gasteiger partial charge in [-0.25, -0.2) is 0 Å². The number of allylic oxidation sites excluding steroid dienone is 4. The summed E-state index contributed by atoms with van der Waals surface area (Å²) in [6.45, 7) is 12.0. The predicted octanol–water partition coefficient (Wildman–Crippen LogP) is 5.26. The largest absolute Gasteiger partial charge is 0.0702 e. The second-order valence-electron chi connectivity index (χ2n) is 7.03. The smallest absolute Gasteiger partial charge is 0.0163 e. The summed E-state index contributed by atoms with van der Waals surface area (Å²) < 4.78 is 0. The van der Waals surface area contributed by atoms with E-state index in [1.165, 1.54) is 32.1 Å². The van der Waals surface area contributed by atoms with Gasteiger partial charge in [0.25, 0.3) is 0 Å². The number of hydrogen-bond acceptors (Lipinski definition) is 0. The van der Waals surface area contributed by atoms with Crippen molar-refractivity contribution < 1.29 is 0 Å². The quantitative estimate of drug-likeness (QED) is 0.620. The molecular weight excluding hydrogens is 204 g/mol. The fourth-order valence-electron chi connectivity index (χ4n) is 4.53. The Kier molecular flexibility index (Phi) is 2.09. The molecule has 0 amide bonds. The average Bonchev–Trinajstić information content (AvgIpc) is 2.80. The fraction of sp³-hybridized carbons (Fsp3) is 0.765. The maximum absolute atomic E-state index is 2.67. The van der Waals surface area contributed by atoms with Crippen molar-refractivity contribution in [1.29, 1.82) is 0 Å². The highest BCUT2D eigenvalue weighted by Gasteiger charge is 2.69. The molecule has 0 N–H and O–H groups in total. The Labute approximate surface area is 106 Å². The van der Waals surface area contributed by atoms with E-state index < -0.39 is 0 Å². The molecule has 0 aromatic rings. The minimum atomic E-state index is 0.511. The summed E-state index contributed by atoms with van der Waals surface area (Å²) in [7, 11) is 0. The Morgan fingerprint density at radius 1 is 1.12 bits per heavy atom. The molecule has 17 heavy (non-hydrogen) atoms. The molecule has 1 saturated carbocycles. The molecule has 0 heteroatoms. The SMILES string of the molecule is CCC1=CC2(CC2(C)CC)C2=C1C(C)(CC)C2. The molecule has 0 saturated heterocycles. The highest BCUT2D eigenvalue weighted by atomic mass is 14.7. The van der Waals surface area contributed by atoms with Crippen LogP contribution in [0, 0.1) is 16.2 Å². The molecule has 3 aliphatic rings. The Morgan fingerprint density at radius 3 is 2.29 bits per heavy atom. The van der Waals surface area contributed by atoms with Crippen LogP contribution < -0.4 is 0 Å². The van der Waals surface area contributed by atoms with E-state index in [1.807, 2.05) is 5.57 Å². The lowest BCUT2D eigenvalue weighted by molar-refractivity contribution is 0.301. The van der Waals surface area contributed by atoms with E-state index in [-0.39, 0.29) is 0 Å². The molecule has 0 radical (unpaired) electrons. The molecule has 0 nitrogen and oxygen atoms in total. The van der Waals surface area contributed by atoms with Crippen LogP contribution >= 0.6 is 0 Å². The zero-order chi connectivity index (χ0) is 12.5. The summed E-state index contributed by atoms with van der Waals surface area (Å²) in [5, 5.41) is 0. The van der Waals surface area contributed by atoms with Crippen LogP contribution in [0.5, 0.6) is 0 Å². The molecule has 3 aliphatic carbocycles. The Balaban J connectivity index is 2.04. The monoisotopic (exact) mass is 230 g/mol. The lowest BCUT2D eigenvalue weighted by Gasteiger charge is -2.44. The Bertz CT molecular complexity index is 439. The van der Waals surface area contributed by atoms with Gasteiger partial charge in [0.1, 0.15) is 0 Å². The third-order valence-electron chi connectivity index (χ3n) is 6.32. The lowest BCUT2D eigenvalue weighted by Crippen LogP contribution is -2.32. The van der Waals surface area contributed by atoms with Crippen LogP contribution in [-0.4, -0.2) is 0 Å². The molecule has 0 bridgehead atoms. The van der Waals surface area contributed by atoms with Gasteiger partial charge >= 0.3 is 0 Å². The molecule has 3 unspecified atom stereocenters. The van der Waals surface area contributed by atoms with Crippen LogP contribution in [0.1, 0.15) is 66.7 Å². The van der Waals surface area contributed by atoms with E-state index in [1.54, 1.807) is 11.1 Å². The molecule has 1 spiro atoms. The van der Waals surface area contributed by atoms with Gasteiger partial charge in [0.15, 0.2) is 0 Å². The molecule has 0 aromatic heterocycles. The van der Waals surface area contributed by atoms with Gasteiger partial charge in [-0.3, -0.25) is 0 Å². The van der Waals surface area contributed by atoms with E-state index >= 15 is 0 Å². The van der Waals surface area contributed by atoms with Gasteiger partial charge in [-0.05, 0) is 54.1 Å². The van der Waals surface area contributed by atoms with Crippen molar-refractivity contribution in [3.63, 3.8) is 0 Å². The van der Waals surface area contributed by atoms with Crippen LogP contribution in [0.4, 0.5) is 0 Å². The van der Waals surface area contributed by atoms with Gasteiger partial charge in [0.2, 0.25) is 0 Å². The summed E-state index contributed by atoms with van der Waals surface area (Å²) >= 11 is 0. The molecule has 3 rings (SSSR count). The zero-order valence-electron chi connectivity index (χ0n) is 12.1. The molecule has 3 atom stereocenters. The number of fused-ring (bicyclic) bond motifs is 1. The average molecular weight is 230 g/mol. The number of hydrogen-bond donors (Lipinski definition) is 0. The second kappa shape index (κ2) is 3.08. The van der Waals surface area contributed by atoms with Gasteiger partial charge in [0, 0.05) is 5.41 Å². The van der Waals surface area contributed by atoms with Gasteiger partial charge in [-0.15, -0.1) is 0 Å². The summed E-state index contributed by atoms with van der Waals surface area (Å²) in [5.41, 5.74) is 6.91. The predicted molar refractivity (Wildman–Crippen MR) is 73.9 cm³/mol. The van der Waals surface area contributed by atoms with E-state index in [0.29, 0.717) is 16.2 Å². The highest BCUT2D eigenvalue weighted by Crippen LogP contribution is 2.79. The molecule has 0 heterocycles. The molecule has 0 aromatic carbocycles. The van der Waals surface area contributed by atoms with Gasteiger partial charge in [-0.1, -0.05) is 46.3 Å². The standard InChI is InChI=1S/C17H26/c1-6-12-9-17(11-16(17,5)8-3)13-10-15(4,7-2)14(12)13/h9H,6-8,10-11H2,1-5H3. The van der Waals surface area contributed by atoms with Crippen LogP contribution in [0.25, 0.3) is 0 Å². The Hall–Kier alpha value is -0.520. The lowest BCUT2D eigenvalue weighted by atomic mass is 9.60. The topological polar surface area (TPSA) is 0 Å². The maximum Gasteiger partial charge on any atom is 0.0163 e. The molecular formula is C17H26. The first kappa shape index (κ1) is 11.6. The summed E-state index contributed by atoms with van der Waals surface area (Å²) in [5.74, 6) is 0. The second-order valence-corrected chi connectivity index (χ2v) is 7.03. The van der Waals surface area contributed by atoms with E-state index in [9.17, 15) is 0 Å². The molecule has 94 valence electrons. The summed E-state index contributed by atoms with van der Waals surface area (Å²) in [6.07, 6.45) is 9.33. The van der Waals surface area contributed by atoms with Crippen molar-refractivity contribution in [3.05, 3.63) is 22.8 Å². The third kappa shape index (κ3) is 1.10. The van der Waals surface area contributed by atoms with E-state index in [4.69, 9.17) is 0 Å². The van der Waals surface area contributed by atoms with Gasteiger partial charge in [0.05, 0.1) is 0 Å². The van der Waals surface area contributed by atoms with Crippen molar-refractivity contribution in [2.45, 2.75) is 66.7 Å². The zero-order valence-corrected chi connectivity index (χ0v) is 12.1. The van der Waals surface area contributed by atoms with E-state index in [0.717, 1.165) is 0 Å². The first-order valence-corrected chi connectivity index (χ1v) is 7.42. The van der Waals surface area contributed by atoms with Crippen molar-refractivity contribution in [1.82, 2.24) is 0 Å². The van der Waals surface area contributed by atoms with Crippen molar-refractivity contribution in [2.24, 2.45) is 16.2 Å². The van der Waals surface area contributed by atoms with Crippen LogP contribution in [0.15, 0.2) is 22.8 Å². The van der Waals surface area contributed by atoms with Crippen molar-refractivity contribution in [3.8, 4) is 0 Å². The van der Waals surface area contributed by atoms with E-state index in [2.05, 4.69) is 40.7 Å². The van der Waals surface area contributed by atoms with Crippen molar-refractivity contribution >= 4 is 0 Å². The third-order valence-corrected chi connectivity index (χ3v) is 6.32. The Morgan fingerprint density at radius 2 is 1.82 bits per heavy atom. The fourth-order valence-corrected chi connectivity index (χ4v) is 4.53. The summed E-state index contributed by atoms with van der Waals surface area (Å²) in [4.78, 5) is 0. The molecule has 0 aliphatic heterocycles. The van der Waals surface area contributed by atoms with Gasteiger partial charge < -0.3 is 0 Å². The normalized spacial score (nSPS) is 47.0. The van der Waals surface area contributed by atoms with Crippen molar-refractivity contribution in [2.75, 3.05) is 0 Å². The maximum atomic E-state index is 2.67. The summed E-state index contributed by atoms with van der Waals surface area (Å²) in [6, 6.07) is 0. The van der Waals surface area contributed by atoms with Crippen LogP contribution in [-0.2, 0) is 0 Å².